The van der Waals surface area contributed by atoms with E-state index in [4.69, 9.17) is 0 Å². The van der Waals surface area contributed by atoms with Crippen molar-refractivity contribution in [3.8, 4) is 0 Å². The highest BCUT2D eigenvalue weighted by molar-refractivity contribution is 7.98. The molecule has 0 atom stereocenters. The van der Waals surface area contributed by atoms with Crippen LogP contribution in [0.5, 0.6) is 0 Å². The van der Waals surface area contributed by atoms with Gasteiger partial charge in [-0.2, -0.15) is 11.8 Å². The molecule has 1 N–H and O–H groups in total. The Labute approximate surface area is 115 Å². The van der Waals surface area contributed by atoms with E-state index in [0.29, 0.717) is 6.04 Å². The van der Waals surface area contributed by atoms with Crippen LogP contribution in [0.4, 0.5) is 0 Å². The zero-order valence-corrected chi connectivity index (χ0v) is 13.0. The molecule has 0 saturated carbocycles. The van der Waals surface area contributed by atoms with E-state index in [-0.39, 0.29) is 0 Å². The van der Waals surface area contributed by atoms with Crippen molar-refractivity contribution in [1.82, 2.24) is 15.3 Å². The highest BCUT2D eigenvalue weighted by Gasteiger charge is 2.05. The summed E-state index contributed by atoms with van der Waals surface area (Å²) in [7, 11) is 0. The van der Waals surface area contributed by atoms with Crippen molar-refractivity contribution in [2.24, 2.45) is 5.92 Å². The van der Waals surface area contributed by atoms with Crippen LogP contribution >= 0.6 is 11.8 Å². The third-order valence-electron chi connectivity index (χ3n) is 2.51. The topological polar surface area (TPSA) is 37.8 Å². The Morgan fingerprint density at radius 1 is 1.28 bits per heavy atom. The molecule has 0 amide bonds. The summed E-state index contributed by atoms with van der Waals surface area (Å²) in [5.74, 6) is 3.76. The number of aryl methyl sites for hydroxylation is 1. The van der Waals surface area contributed by atoms with Gasteiger partial charge in [-0.1, -0.05) is 27.7 Å². The average Bonchev–Trinajstić information content (AvgIpc) is 2.27. The quantitative estimate of drug-likeness (QED) is 0.823. The lowest BCUT2D eigenvalue weighted by Crippen LogP contribution is -2.22. The smallest absolute Gasteiger partial charge is 0.138 e. The van der Waals surface area contributed by atoms with E-state index in [9.17, 15) is 0 Å². The van der Waals surface area contributed by atoms with Gasteiger partial charge in [0.1, 0.15) is 5.82 Å². The Morgan fingerprint density at radius 3 is 2.56 bits per heavy atom. The Bertz CT molecular complexity index is 364. The zero-order chi connectivity index (χ0) is 13.5. The van der Waals surface area contributed by atoms with E-state index in [0.717, 1.165) is 29.7 Å². The van der Waals surface area contributed by atoms with Gasteiger partial charge in [-0.3, -0.25) is 0 Å². The first-order chi connectivity index (χ1) is 8.49. The summed E-state index contributed by atoms with van der Waals surface area (Å²) >= 11 is 1.91. The highest BCUT2D eigenvalue weighted by Crippen LogP contribution is 2.13. The maximum absolute atomic E-state index is 4.58. The Hall–Kier alpha value is -0.610. The zero-order valence-electron chi connectivity index (χ0n) is 12.2. The maximum Gasteiger partial charge on any atom is 0.138 e. The number of nitrogens with zero attached hydrogens (tertiary/aromatic N) is 2. The van der Waals surface area contributed by atoms with Crippen molar-refractivity contribution >= 4 is 11.8 Å². The van der Waals surface area contributed by atoms with Crippen LogP contribution in [0, 0.1) is 12.8 Å². The molecule has 1 aromatic rings. The van der Waals surface area contributed by atoms with Crippen LogP contribution in [0.2, 0.25) is 0 Å². The van der Waals surface area contributed by atoms with Gasteiger partial charge in [0.15, 0.2) is 0 Å². The van der Waals surface area contributed by atoms with E-state index >= 15 is 0 Å². The fraction of sp³-hybridized carbons (Fsp3) is 0.714. The molecule has 0 spiro atoms. The maximum atomic E-state index is 4.58. The Kier molecular flexibility index (Phi) is 6.65. The first-order valence-corrected chi connectivity index (χ1v) is 7.77. The summed E-state index contributed by atoms with van der Waals surface area (Å²) in [4.78, 5) is 9.02. The highest BCUT2D eigenvalue weighted by atomic mass is 32.2. The molecule has 0 fully saturated rings. The first-order valence-electron chi connectivity index (χ1n) is 6.61. The first kappa shape index (κ1) is 15.4. The lowest BCUT2D eigenvalue weighted by Gasteiger charge is -2.10. The molecule has 4 heteroatoms. The predicted molar refractivity (Wildman–Crippen MR) is 79.7 cm³/mol. The van der Waals surface area contributed by atoms with Crippen molar-refractivity contribution in [3.63, 3.8) is 0 Å². The monoisotopic (exact) mass is 267 g/mol. The number of nitrogens with one attached hydrogen (secondary N) is 1. The summed E-state index contributed by atoms with van der Waals surface area (Å²) in [5, 5.41) is 3.39. The second-order valence-electron chi connectivity index (χ2n) is 5.34. The molecule has 0 radical (unpaired) electrons. The van der Waals surface area contributed by atoms with Gasteiger partial charge in [-0.15, -0.1) is 0 Å². The summed E-state index contributed by atoms with van der Waals surface area (Å²) in [6.45, 7) is 11.7. The molecule has 3 nitrogen and oxygen atoms in total. The number of thioether (sulfide) groups is 1. The SMILES string of the molecule is Cc1nc(CSCC(C)C)ncc1CNC(C)C. The largest absolute Gasteiger partial charge is 0.310 e. The van der Waals surface area contributed by atoms with Gasteiger partial charge in [-0.05, 0) is 18.6 Å². The van der Waals surface area contributed by atoms with Crippen LogP contribution in [0.15, 0.2) is 6.20 Å². The summed E-state index contributed by atoms with van der Waals surface area (Å²) in [6.07, 6.45) is 1.96. The van der Waals surface area contributed by atoms with Crippen LogP contribution in [-0.4, -0.2) is 21.8 Å². The molecule has 0 aromatic carbocycles. The molecule has 0 aliphatic rings. The van der Waals surface area contributed by atoms with E-state index in [1.165, 1.54) is 11.3 Å². The van der Waals surface area contributed by atoms with Crippen LogP contribution in [0.3, 0.4) is 0 Å². The van der Waals surface area contributed by atoms with Crippen LogP contribution in [-0.2, 0) is 12.3 Å². The number of hydrogen-bond acceptors (Lipinski definition) is 4. The Morgan fingerprint density at radius 2 is 2.00 bits per heavy atom. The number of rotatable bonds is 7. The molecule has 0 aliphatic carbocycles. The molecule has 1 heterocycles. The molecular formula is C14H25N3S. The third-order valence-corrected chi connectivity index (χ3v) is 3.88. The van der Waals surface area contributed by atoms with Gasteiger partial charge in [0, 0.05) is 30.0 Å². The van der Waals surface area contributed by atoms with Gasteiger partial charge < -0.3 is 5.32 Å². The summed E-state index contributed by atoms with van der Waals surface area (Å²) < 4.78 is 0. The van der Waals surface area contributed by atoms with Crippen molar-refractivity contribution in [2.75, 3.05) is 5.75 Å². The summed E-state index contributed by atoms with van der Waals surface area (Å²) in [6, 6.07) is 0.491. The molecule has 0 bridgehead atoms. The lowest BCUT2D eigenvalue weighted by atomic mass is 10.2. The molecule has 1 aromatic heterocycles. The molecule has 0 saturated heterocycles. The van der Waals surface area contributed by atoms with E-state index in [1.54, 1.807) is 0 Å². The molecule has 102 valence electrons. The number of hydrogen-bond donors (Lipinski definition) is 1. The summed E-state index contributed by atoms with van der Waals surface area (Å²) in [5.41, 5.74) is 2.29. The van der Waals surface area contributed by atoms with Crippen molar-refractivity contribution in [3.05, 3.63) is 23.3 Å². The van der Waals surface area contributed by atoms with Crippen LogP contribution in [0.1, 0.15) is 44.8 Å². The fourth-order valence-electron chi connectivity index (χ4n) is 1.48. The standard InChI is InChI=1S/C14H25N3S/c1-10(2)8-18-9-14-16-7-13(12(5)17-14)6-15-11(3)4/h7,10-11,15H,6,8-9H2,1-5H3. The minimum absolute atomic E-state index is 0.491. The predicted octanol–water partition coefficient (Wildman–Crippen LogP) is 3.17. The van der Waals surface area contributed by atoms with Gasteiger partial charge in [0.25, 0.3) is 0 Å². The van der Waals surface area contributed by atoms with Crippen LogP contribution in [0.25, 0.3) is 0 Å². The normalized spacial score (nSPS) is 11.5. The van der Waals surface area contributed by atoms with Crippen LogP contribution < -0.4 is 5.32 Å². The fourth-order valence-corrected chi connectivity index (χ4v) is 2.39. The second-order valence-corrected chi connectivity index (χ2v) is 6.37. The third kappa shape index (κ3) is 5.83. The lowest BCUT2D eigenvalue weighted by molar-refractivity contribution is 0.584. The van der Waals surface area contributed by atoms with Gasteiger partial charge in [-0.25, -0.2) is 9.97 Å². The molecule has 0 aliphatic heterocycles. The molecular weight excluding hydrogens is 242 g/mol. The Balaban J connectivity index is 2.51. The van der Waals surface area contributed by atoms with E-state index in [1.807, 2.05) is 18.0 Å². The molecule has 1 rings (SSSR count). The minimum atomic E-state index is 0.491. The molecule has 0 unspecified atom stereocenters. The number of aromatic nitrogens is 2. The van der Waals surface area contributed by atoms with E-state index in [2.05, 4.69) is 49.9 Å². The van der Waals surface area contributed by atoms with Crippen molar-refractivity contribution in [2.45, 2.75) is 53.0 Å². The molecule has 18 heavy (non-hydrogen) atoms. The van der Waals surface area contributed by atoms with Gasteiger partial charge in [0.05, 0.1) is 5.75 Å². The van der Waals surface area contributed by atoms with Gasteiger partial charge >= 0.3 is 0 Å². The average molecular weight is 267 g/mol. The van der Waals surface area contributed by atoms with Crippen molar-refractivity contribution < 1.29 is 0 Å². The second kappa shape index (κ2) is 7.74. The van der Waals surface area contributed by atoms with Crippen molar-refractivity contribution in [1.29, 1.82) is 0 Å². The van der Waals surface area contributed by atoms with E-state index < -0.39 is 0 Å². The minimum Gasteiger partial charge on any atom is -0.310 e. The van der Waals surface area contributed by atoms with Gasteiger partial charge in [0.2, 0.25) is 0 Å².